The molecule has 13 heteroatoms. The van der Waals surface area contributed by atoms with E-state index in [-0.39, 0.29) is 18.6 Å². The first-order valence-corrected chi connectivity index (χ1v) is 22.4. The number of hydrogen-bond donors (Lipinski definition) is 3. The van der Waals surface area contributed by atoms with Crippen LogP contribution in [0.1, 0.15) is 149 Å². The number of ether oxygens (including phenoxy) is 2. The van der Waals surface area contributed by atoms with Gasteiger partial charge in [-0.15, -0.1) is 0 Å². The van der Waals surface area contributed by atoms with E-state index in [0.717, 1.165) is 64.2 Å². The Hall–Kier alpha value is -3.41. The molecule has 57 heavy (non-hydrogen) atoms. The van der Waals surface area contributed by atoms with E-state index in [1.807, 2.05) is 18.2 Å². The van der Waals surface area contributed by atoms with E-state index in [1.165, 1.54) is 32.1 Å². The highest BCUT2D eigenvalue weighted by Gasteiger charge is 2.28. The Morgan fingerprint density at radius 2 is 1.11 bits per heavy atom. The number of carbonyl (C=O) groups is 4. The molecule has 0 radical (unpaired) electrons. The van der Waals surface area contributed by atoms with Crippen molar-refractivity contribution in [2.75, 3.05) is 19.8 Å². The molecule has 12 nitrogen and oxygen atoms in total. The lowest BCUT2D eigenvalue weighted by Gasteiger charge is -2.20. The van der Waals surface area contributed by atoms with Gasteiger partial charge in [-0.1, -0.05) is 126 Å². The third-order valence-corrected chi connectivity index (χ3v) is 9.35. The molecule has 0 saturated carbocycles. The number of aliphatic carboxylic acids is 1. The van der Waals surface area contributed by atoms with Crippen molar-refractivity contribution in [1.82, 2.24) is 0 Å². The van der Waals surface area contributed by atoms with E-state index >= 15 is 0 Å². The van der Waals surface area contributed by atoms with Gasteiger partial charge in [0, 0.05) is 19.3 Å². The molecule has 0 aliphatic rings. The van der Waals surface area contributed by atoms with E-state index in [0.29, 0.717) is 25.7 Å². The third kappa shape index (κ3) is 37.9. The first kappa shape index (κ1) is 53.6. The van der Waals surface area contributed by atoms with E-state index in [4.69, 9.17) is 24.8 Å². The standard InChI is InChI=1S/C44H72NO11P/c1-3-5-7-9-11-12-13-14-15-16-17-18-19-20-22-26-30-34-42(47)53-36-40(37-54-57(51,52)55-38-41(45)44(49)50)56-43(48)35-31-27-23-25-29-33-39(46)32-28-24-21-10-8-6-4-2/h11-12,14-15,17-18,20-22,24,28,32,40-41H,3-10,13,16,19,23,25-27,29-31,33-38,45H2,1-2H3,(H,49,50)(H,51,52)/b12-11-,15-14-,18-17-,22-20-,24-21-,32-28+/t40-,41+/m1/s1. The molecule has 324 valence electrons. The maximum atomic E-state index is 12.6. The molecule has 3 atom stereocenters. The van der Waals surface area contributed by atoms with Crippen LogP contribution in [0.4, 0.5) is 0 Å². The zero-order chi connectivity index (χ0) is 42.2. The Morgan fingerprint density at radius 1 is 0.596 bits per heavy atom. The summed E-state index contributed by atoms with van der Waals surface area (Å²) >= 11 is 0. The SMILES string of the molecule is CCCCC/C=C\C=C\C(=O)CCCCCCCC(=O)O[C@H](COC(=O)CCC/C=C\C/C=C\C/C=C\C/C=C\CCCCC)COP(=O)(O)OC[C@H](N)C(=O)O. The summed E-state index contributed by atoms with van der Waals surface area (Å²) in [5.41, 5.74) is 5.31. The smallest absolute Gasteiger partial charge is 0.472 e. The number of rotatable bonds is 38. The van der Waals surface area contributed by atoms with Crippen molar-refractivity contribution in [1.29, 1.82) is 0 Å². The summed E-state index contributed by atoms with van der Waals surface area (Å²) in [5.74, 6) is -2.49. The molecule has 0 amide bonds. The Kier molecular flexibility index (Phi) is 35.8. The normalized spacial score (nSPS) is 14.4. The highest BCUT2D eigenvalue weighted by molar-refractivity contribution is 7.47. The molecule has 4 N–H and O–H groups in total. The molecule has 0 bridgehead atoms. The van der Waals surface area contributed by atoms with Crippen molar-refractivity contribution >= 4 is 31.5 Å². The molecule has 0 spiro atoms. The highest BCUT2D eigenvalue weighted by Crippen LogP contribution is 2.43. The summed E-state index contributed by atoms with van der Waals surface area (Å²) in [6.07, 6.45) is 40.8. The van der Waals surface area contributed by atoms with Gasteiger partial charge in [0.1, 0.15) is 12.6 Å². The van der Waals surface area contributed by atoms with Crippen LogP contribution in [0.15, 0.2) is 72.9 Å². The molecule has 0 aromatic rings. The molecule has 0 aromatic heterocycles. The van der Waals surface area contributed by atoms with Crippen molar-refractivity contribution in [2.24, 2.45) is 5.73 Å². The lowest BCUT2D eigenvalue weighted by atomic mass is 10.1. The minimum Gasteiger partial charge on any atom is -0.480 e. The number of hydrogen-bond acceptors (Lipinski definition) is 10. The summed E-state index contributed by atoms with van der Waals surface area (Å²) in [6.45, 7) is 2.52. The number of phosphoric acid groups is 1. The van der Waals surface area contributed by atoms with Crippen LogP contribution in [0.25, 0.3) is 0 Å². The largest absolute Gasteiger partial charge is 0.480 e. The van der Waals surface area contributed by atoms with Crippen molar-refractivity contribution in [3.8, 4) is 0 Å². The van der Waals surface area contributed by atoms with Gasteiger partial charge in [0.15, 0.2) is 11.9 Å². The summed E-state index contributed by atoms with van der Waals surface area (Å²) in [6, 6.07) is -1.55. The lowest BCUT2D eigenvalue weighted by molar-refractivity contribution is -0.161. The van der Waals surface area contributed by atoms with Gasteiger partial charge in [-0.2, -0.15) is 0 Å². The minimum absolute atomic E-state index is 0.0620. The van der Waals surface area contributed by atoms with Gasteiger partial charge >= 0.3 is 25.7 Å². The average molecular weight is 822 g/mol. The third-order valence-electron chi connectivity index (χ3n) is 8.40. The molecule has 0 aliphatic heterocycles. The molecule has 0 heterocycles. The van der Waals surface area contributed by atoms with Crippen LogP contribution in [0.5, 0.6) is 0 Å². The van der Waals surface area contributed by atoms with Gasteiger partial charge < -0.3 is 25.2 Å². The molecular formula is C44H72NO11P. The first-order valence-electron chi connectivity index (χ1n) is 20.9. The second-order valence-corrected chi connectivity index (χ2v) is 15.3. The Labute approximate surface area is 342 Å². The number of allylic oxidation sites excluding steroid dienone is 12. The molecule has 0 saturated heterocycles. The summed E-state index contributed by atoms with van der Waals surface area (Å²) in [5, 5.41) is 8.88. The fourth-order valence-electron chi connectivity index (χ4n) is 5.04. The molecular weight excluding hydrogens is 749 g/mol. The topological polar surface area (TPSA) is 189 Å². The number of carboxylic acid groups (broad SMARTS) is 1. The monoisotopic (exact) mass is 821 g/mol. The lowest BCUT2D eigenvalue weighted by Crippen LogP contribution is -2.34. The van der Waals surface area contributed by atoms with Crippen LogP contribution < -0.4 is 5.73 Å². The molecule has 1 unspecified atom stereocenters. The Morgan fingerprint density at radius 3 is 1.70 bits per heavy atom. The van der Waals surface area contributed by atoms with Crippen LogP contribution in [0, 0.1) is 0 Å². The van der Waals surface area contributed by atoms with Gasteiger partial charge in [-0.3, -0.25) is 28.2 Å². The molecule has 0 aliphatic carbocycles. The number of carboxylic acids is 1. The summed E-state index contributed by atoms with van der Waals surface area (Å²) in [4.78, 5) is 57.9. The van der Waals surface area contributed by atoms with Crippen molar-refractivity contribution in [3.05, 3.63) is 72.9 Å². The van der Waals surface area contributed by atoms with Gasteiger partial charge in [0.05, 0.1) is 13.2 Å². The zero-order valence-electron chi connectivity index (χ0n) is 34.6. The number of unbranched alkanes of at least 4 members (excludes halogenated alkanes) is 11. The number of carbonyl (C=O) groups excluding carboxylic acids is 3. The average Bonchev–Trinajstić information content (AvgIpc) is 3.18. The number of phosphoric ester groups is 1. The van der Waals surface area contributed by atoms with E-state index in [9.17, 15) is 28.6 Å². The predicted molar refractivity (Wildman–Crippen MR) is 226 cm³/mol. The minimum atomic E-state index is -4.76. The number of esters is 2. The highest BCUT2D eigenvalue weighted by atomic mass is 31.2. The van der Waals surface area contributed by atoms with Crippen molar-refractivity contribution in [3.63, 3.8) is 0 Å². The maximum Gasteiger partial charge on any atom is 0.472 e. The van der Waals surface area contributed by atoms with E-state index in [2.05, 4.69) is 60.9 Å². The Bertz CT molecular complexity index is 1300. The van der Waals surface area contributed by atoms with Crippen molar-refractivity contribution in [2.45, 2.75) is 161 Å². The predicted octanol–water partition coefficient (Wildman–Crippen LogP) is 10.1. The second kappa shape index (κ2) is 38.1. The Balaban J connectivity index is 4.58. The zero-order valence-corrected chi connectivity index (χ0v) is 35.5. The van der Waals surface area contributed by atoms with Gasteiger partial charge in [-0.25, -0.2) is 4.57 Å². The van der Waals surface area contributed by atoms with Crippen LogP contribution in [0.3, 0.4) is 0 Å². The summed E-state index contributed by atoms with van der Waals surface area (Å²) in [7, 11) is -4.76. The van der Waals surface area contributed by atoms with Crippen LogP contribution >= 0.6 is 7.82 Å². The van der Waals surface area contributed by atoms with Gasteiger partial charge in [0.2, 0.25) is 0 Å². The number of nitrogens with two attached hydrogens (primary N) is 1. The first-order chi connectivity index (χ1) is 27.5. The van der Waals surface area contributed by atoms with Gasteiger partial charge in [-0.05, 0) is 76.7 Å². The van der Waals surface area contributed by atoms with E-state index in [1.54, 1.807) is 12.2 Å². The second-order valence-electron chi connectivity index (χ2n) is 13.8. The van der Waals surface area contributed by atoms with Crippen LogP contribution in [0.2, 0.25) is 0 Å². The van der Waals surface area contributed by atoms with Gasteiger partial charge in [0.25, 0.3) is 0 Å². The molecule has 0 rings (SSSR count). The van der Waals surface area contributed by atoms with Crippen molar-refractivity contribution < 1.29 is 52.3 Å². The van der Waals surface area contributed by atoms with Crippen LogP contribution in [-0.4, -0.2) is 65.7 Å². The molecule has 0 aromatic carbocycles. The maximum absolute atomic E-state index is 12.6. The van der Waals surface area contributed by atoms with E-state index < -0.39 is 57.7 Å². The van der Waals surface area contributed by atoms with Crippen LogP contribution in [-0.2, 0) is 42.3 Å². The number of ketones is 1. The summed E-state index contributed by atoms with van der Waals surface area (Å²) < 4.78 is 32.5. The quantitative estimate of drug-likeness (QED) is 0.0134. The fourth-order valence-corrected chi connectivity index (χ4v) is 5.81. The fraction of sp³-hybridized carbons (Fsp3) is 0.636. The molecule has 0 fully saturated rings.